The van der Waals surface area contributed by atoms with E-state index in [0.29, 0.717) is 29.1 Å². The molecule has 0 unspecified atom stereocenters. The molecule has 0 atom stereocenters. The van der Waals surface area contributed by atoms with Crippen LogP contribution >= 0.6 is 11.6 Å². The topological polar surface area (TPSA) is 88.9 Å². The van der Waals surface area contributed by atoms with Gasteiger partial charge in [0.25, 0.3) is 0 Å². The smallest absolute Gasteiger partial charge is 0.241 e. The van der Waals surface area contributed by atoms with Crippen molar-refractivity contribution in [3.8, 4) is 11.3 Å². The second-order valence-corrected chi connectivity index (χ2v) is 8.46. The van der Waals surface area contributed by atoms with E-state index >= 15 is 0 Å². The highest BCUT2D eigenvalue weighted by molar-refractivity contribution is 6.35. The Morgan fingerprint density at radius 1 is 1.03 bits per heavy atom. The number of hydrogen-bond acceptors (Lipinski definition) is 5. The fraction of sp³-hybridized carbons (Fsp3) is 0.154. The van der Waals surface area contributed by atoms with Crippen molar-refractivity contribution in [2.45, 2.75) is 20.4 Å². The molecule has 0 aliphatic rings. The average Bonchev–Trinajstić information content (AvgIpc) is 3.29. The number of anilines is 2. The molecule has 2 N–H and O–H groups in total. The van der Waals surface area contributed by atoms with Crippen molar-refractivity contribution < 1.29 is 18.4 Å². The highest BCUT2D eigenvalue weighted by atomic mass is 35.5. The number of ketones is 1. The molecule has 3 aromatic carbocycles. The molecule has 1 heterocycles. The molecule has 4 aromatic rings. The minimum absolute atomic E-state index is 0.0380. The largest absolute Gasteiger partial charge is 0.355 e. The lowest BCUT2D eigenvalue weighted by Crippen LogP contribution is -2.27. The molecule has 0 radical (unpaired) electrons. The Morgan fingerprint density at radius 3 is 2.56 bits per heavy atom. The van der Waals surface area contributed by atoms with Gasteiger partial charge in [-0.1, -0.05) is 28.9 Å². The van der Waals surface area contributed by atoms with Gasteiger partial charge in [-0.05, 0) is 55.8 Å². The maximum Gasteiger partial charge on any atom is 0.241 e. The molecule has 0 spiro atoms. The third-order valence-electron chi connectivity index (χ3n) is 5.42. The number of carbonyl (C=O) groups excluding carboxylic acids is 2. The highest BCUT2D eigenvalue weighted by Gasteiger charge is 2.18. The first kappa shape index (κ1) is 25.0. The SMILES string of the molecule is CCNC(=O)Cn1cc(-c2ccc(C)c(C(=O)c3ccc(Nc4ccc(F)cc4F)cc3Cl)c2)nn1. The summed E-state index contributed by atoms with van der Waals surface area (Å²) in [4.78, 5) is 25.2. The van der Waals surface area contributed by atoms with Crippen molar-refractivity contribution in [1.29, 1.82) is 0 Å². The van der Waals surface area contributed by atoms with Crippen LogP contribution in [0.2, 0.25) is 5.02 Å². The summed E-state index contributed by atoms with van der Waals surface area (Å²) in [5, 5.41) is 13.8. The van der Waals surface area contributed by atoms with Gasteiger partial charge in [-0.3, -0.25) is 9.59 Å². The van der Waals surface area contributed by atoms with E-state index < -0.39 is 11.6 Å². The van der Waals surface area contributed by atoms with Crippen LogP contribution in [0.25, 0.3) is 11.3 Å². The monoisotopic (exact) mass is 509 g/mol. The third kappa shape index (κ3) is 5.58. The van der Waals surface area contributed by atoms with Crippen LogP contribution in [-0.2, 0) is 11.3 Å². The van der Waals surface area contributed by atoms with Crippen molar-refractivity contribution in [2.75, 3.05) is 11.9 Å². The molecule has 0 fully saturated rings. The number of amides is 1. The van der Waals surface area contributed by atoms with Crippen LogP contribution in [0.5, 0.6) is 0 Å². The van der Waals surface area contributed by atoms with Gasteiger partial charge in [0.05, 0.1) is 16.9 Å². The Morgan fingerprint density at radius 2 is 1.83 bits per heavy atom. The van der Waals surface area contributed by atoms with Gasteiger partial charge in [-0.15, -0.1) is 5.10 Å². The summed E-state index contributed by atoms with van der Waals surface area (Å²) in [7, 11) is 0. The zero-order valence-corrected chi connectivity index (χ0v) is 20.2. The Kier molecular flexibility index (Phi) is 7.40. The zero-order valence-electron chi connectivity index (χ0n) is 19.5. The Balaban J connectivity index is 1.57. The number of rotatable bonds is 8. The van der Waals surface area contributed by atoms with E-state index in [2.05, 4.69) is 20.9 Å². The summed E-state index contributed by atoms with van der Waals surface area (Å²) in [6.07, 6.45) is 1.64. The van der Waals surface area contributed by atoms with Crippen LogP contribution in [0.4, 0.5) is 20.2 Å². The molecule has 184 valence electrons. The number of aryl methyl sites for hydroxylation is 1. The second kappa shape index (κ2) is 10.7. The molecule has 36 heavy (non-hydrogen) atoms. The molecule has 0 saturated carbocycles. The Bertz CT molecular complexity index is 1450. The molecule has 0 bridgehead atoms. The molecule has 10 heteroatoms. The maximum atomic E-state index is 14.0. The fourth-order valence-corrected chi connectivity index (χ4v) is 3.87. The summed E-state index contributed by atoms with van der Waals surface area (Å²) < 4.78 is 28.5. The highest BCUT2D eigenvalue weighted by Crippen LogP contribution is 2.29. The molecule has 0 saturated heterocycles. The van der Waals surface area contributed by atoms with Gasteiger partial charge in [-0.25, -0.2) is 13.5 Å². The van der Waals surface area contributed by atoms with Gasteiger partial charge < -0.3 is 10.6 Å². The summed E-state index contributed by atoms with van der Waals surface area (Å²) in [6.45, 7) is 4.20. The number of likely N-dealkylation sites (N-methyl/N-ethyl adjacent to an activating group) is 1. The first-order valence-corrected chi connectivity index (χ1v) is 11.5. The fourth-order valence-electron chi connectivity index (χ4n) is 3.60. The van der Waals surface area contributed by atoms with E-state index in [1.165, 1.54) is 16.8 Å². The van der Waals surface area contributed by atoms with Crippen molar-refractivity contribution in [3.63, 3.8) is 0 Å². The van der Waals surface area contributed by atoms with Gasteiger partial charge in [0.15, 0.2) is 5.78 Å². The first-order chi connectivity index (χ1) is 17.2. The van der Waals surface area contributed by atoms with Crippen molar-refractivity contribution in [2.24, 2.45) is 0 Å². The Labute approximate surface area is 211 Å². The molecule has 1 aromatic heterocycles. The summed E-state index contributed by atoms with van der Waals surface area (Å²) in [6, 6.07) is 13.1. The molecule has 0 aliphatic heterocycles. The minimum atomic E-state index is -0.748. The van der Waals surface area contributed by atoms with E-state index in [1.807, 2.05) is 19.9 Å². The summed E-state index contributed by atoms with van der Waals surface area (Å²) in [5.41, 5.74) is 3.13. The van der Waals surface area contributed by atoms with Gasteiger partial charge >= 0.3 is 0 Å². The normalized spacial score (nSPS) is 10.8. The standard InChI is InChI=1S/C26H22ClF2N5O2/c1-3-30-25(35)14-34-13-24(32-33-34)16-5-4-15(2)20(10-16)26(36)19-8-7-18(12-21(19)27)31-23-9-6-17(28)11-22(23)29/h4-13,31H,3,14H2,1-2H3,(H,30,35). The second-order valence-electron chi connectivity index (χ2n) is 8.06. The maximum absolute atomic E-state index is 14.0. The van der Waals surface area contributed by atoms with E-state index in [9.17, 15) is 18.4 Å². The van der Waals surface area contributed by atoms with Crippen LogP contribution in [0.3, 0.4) is 0 Å². The lowest BCUT2D eigenvalue weighted by atomic mass is 9.96. The number of nitrogens with one attached hydrogen (secondary N) is 2. The molecule has 7 nitrogen and oxygen atoms in total. The lowest BCUT2D eigenvalue weighted by molar-refractivity contribution is -0.121. The van der Waals surface area contributed by atoms with Gasteiger partial charge in [-0.2, -0.15) is 0 Å². The quantitative estimate of drug-likeness (QED) is 0.315. The van der Waals surface area contributed by atoms with Gasteiger partial charge in [0, 0.05) is 35.0 Å². The molecule has 1 amide bonds. The van der Waals surface area contributed by atoms with Crippen molar-refractivity contribution >= 4 is 34.7 Å². The zero-order chi connectivity index (χ0) is 25.8. The molecular formula is C26H22ClF2N5O2. The molecule has 4 rings (SSSR count). The lowest BCUT2D eigenvalue weighted by Gasteiger charge is -2.12. The molecular weight excluding hydrogens is 488 g/mol. The number of nitrogens with zero attached hydrogens (tertiary/aromatic N) is 3. The van der Waals surface area contributed by atoms with Gasteiger partial charge in [0.2, 0.25) is 5.91 Å². The minimum Gasteiger partial charge on any atom is -0.355 e. The predicted octanol–water partition coefficient (Wildman–Crippen LogP) is 5.30. The predicted molar refractivity (Wildman–Crippen MR) is 133 cm³/mol. The molecule has 0 aliphatic carbocycles. The van der Waals surface area contributed by atoms with Crippen LogP contribution in [0.1, 0.15) is 28.4 Å². The summed E-state index contributed by atoms with van der Waals surface area (Å²) in [5.74, 6) is -1.90. The van der Waals surface area contributed by atoms with Crippen LogP contribution in [-0.4, -0.2) is 33.2 Å². The van der Waals surface area contributed by atoms with Crippen molar-refractivity contribution in [1.82, 2.24) is 20.3 Å². The average molecular weight is 510 g/mol. The number of benzene rings is 3. The van der Waals surface area contributed by atoms with E-state index in [0.717, 1.165) is 17.7 Å². The van der Waals surface area contributed by atoms with Crippen molar-refractivity contribution in [3.05, 3.63) is 94.1 Å². The van der Waals surface area contributed by atoms with E-state index in [-0.39, 0.29) is 34.5 Å². The Hall–Kier alpha value is -4.11. The summed E-state index contributed by atoms with van der Waals surface area (Å²) >= 11 is 6.41. The van der Waals surface area contributed by atoms with E-state index in [1.54, 1.807) is 30.5 Å². The number of aromatic nitrogens is 3. The third-order valence-corrected chi connectivity index (χ3v) is 5.73. The number of halogens is 3. The number of hydrogen-bond donors (Lipinski definition) is 2. The van der Waals surface area contributed by atoms with Crippen LogP contribution < -0.4 is 10.6 Å². The number of carbonyl (C=O) groups is 2. The van der Waals surface area contributed by atoms with Crippen LogP contribution in [0, 0.1) is 18.6 Å². The van der Waals surface area contributed by atoms with Gasteiger partial charge in [0.1, 0.15) is 23.9 Å². The first-order valence-electron chi connectivity index (χ1n) is 11.1. The van der Waals surface area contributed by atoms with E-state index in [4.69, 9.17) is 11.6 Å². The van der Waals surface area contributed by atoms with Crippen LogP contribution in [0.15, 0.2) is 60.8 Å².